The molecule has 1 atom stereocenters. The number of amides is 1. The molecule has 4 aliphatic carbocycles. The largest absolute Gasteiger partial charge is 0.352 e. The first-order chi connectivity index (χ1) is 13.2. The van der Waals surface area contributed by atoms with E-state index in [0.717, 1.165) is 19.3 Å². The predicted molar refractivity (Wildman–Crippen MR) is 95.2 cm³/mol. The highest BCUT2D eigenvalue weighted by atomic mass is 32.2. The van der Waals surface area contributed by atoms with Gasteiger partial charge in [-0.15, -0.1) is 11.8 Å². The van der Waals surface area contributed by atoms with Crippen LogP contribution in [0.25, 0.3) is 0 Å². The Morgan fingerprint density at radius 1 is 0.929 bits per heavy atom. The summed E-state index contributed by atoms with van der Waals surface area (Å²) < 4.78 is 67.2. The predicted octanol–water partition coefficient (Wildman–Crippen LogP) is 5.20. The normalized spacial score (nSPS) is 31.9. The summed E-state index contributed by atoms with van der Waals surface area (Å²) in [5, 5.41) is 2.92. The summed E-state index contributed by atoms with van der Waals surface area (Å²) >= 11 is 0.329. The third kappa shape index (κ3) is 3.31. The lowest BCUT2D eigenvalue weighted by molar-refractivity contribution is -0.123. The van der Waals surface area contributed by atoms with Gasteiger partial charge in [0.15, 0.2) is 23.3 Å². The number of nitrogens with one attached hydrogen (secondary N) is 1. The quantitative estimate of drug-likeness (QED) is 0.308. The lowest BCUT2D eigenvalue weighted by Gasteiger charge is -2.59. The lowest BCUT2D eigenvalue weighted by atomic mass is 9.48. The molecule has 28 heavy (non-hydrogen) atoms. The van der Waals surface area contributed by atoms with Crippen LogP contribution in [0, 0.1) is 52.3 Å². The van der Waals surface area contributed by atoms with Crippen LogP contribution in [0.4, 0.5) is 22.0 Å². The zero-order valence-electron chi connectivity index (χ0n) is 15.5. The minimum atomic E-state index is -2.20. The molecule has 1 aromatic carbocycles. The number of thioether (sulfide) groups is 1. The zero-order valence-corrected chi connectivity index (χ0v) is 16.3. The Morgan fingerprint density at radius 2 is 1.36 bits per heavy atom. The van der Waals surface area contributed by atoms with Crippen molar-refractivity contribution in [3.63, 3.8) is 0 Å². The average Bonchev–Trinajstić information content (AvgIpc) is 2.63. The van der Waals surface area contributed by atoms with Gasteiger partial charge < -0.3 is 5.32 Å². The van der Waals surface area contributed by atoms with Gasteiger partial charge in [0.1, 0.15) is 0 Å². The van der Waals surface area contributed by atoms with Crippen molar-refractivity contribution in [3.8, 4) is 0 Å². The van der Waals surface area contributed by atoms with Gasteiger partial charge in [-0.3, -0.25) is 4.79 Å². The van der Waals surface area contributed by atoms with E-state index in [0.29, 0.717) is 29.5 Å². The molecule has 1 N–H and O–H groups in total. The highest BCUT2D eigenvalue weighted by Gasteiger charge is 2.53. The van der Waals surface area contributed by atoms with Crippen LogP contribution >= 0.6 is 11.8 Å². The number of carbonyl (C=O) groups excluding carboxylic acids is 1. The van der Waals surface area contributed by atoms with Crippen LogP contribution in [-0.2, 0) is 4.79 Å². The molecule has 4 saturated carbocycles. The molecule has 154 valence electrons. The van der Waals surface area contributed by atoms with E-state index in [9.17, 15) is 26.7 Å². The second-order valence-corrected chi connectivity index (χ2v) is 9.74. The number of halogens is 5. The van der Waals surface area contributed by atoms with Crippen molar-refractivity contribution >= 4 is 17.7 Å². The Hall–Kier alpha value is -1.31. The van der Waals surface area contributed by atoms with Crippen molar-refractivity contribution in [2.75, 3.05) is 5.75 Å². The van der Waals surface area contributed by atoms with Crippen molar-refractivity contribution < 1.29 is 26.7 Å². The standard InChI is InChI=1S/C20H22F5NOS/c1-9(20-5-10-2-11(6-20)4-12(3-10)7-20)26-13(27)8-28-19-17(24)15(22)14(21)16(23)18(19)25/h9-12H,2-8H2,1H3,(H,26,27)/t9-,10?,11?,12?,20?/m0/s1. The summed E-state index contributed by atoms with van der Waals surface area (Å²) in [5.41, 5.74) is 0.0691. The first kappa shape index (κ1) is 20.0. The van der Waals surface area contributed by atoms with Gasteiger partial charge in [0.2, 0.25) is 11.7 Å². The Balaban J connectivity index is 1.41. The van der Waals surface area contributed by atoms with Crippen molar-refractivity contribution in [2.45, 2.75) is 56.4 Å². The third-order valence-corrected chi connectivity index (χ3v) is 7.95. The minimum Gasteiger partial charge on any atom is -0.352 e. The summed E-state index contributed by atoms with van der Waals surface area (Å²) in [7, 11) is 0. The van der Waals surface area contributed by atoms with Crippen LogP contribution in [0.2, 0.25) is 0 Å². The number of hydrogen-bond acceptors (Lipinski definition) is 2. The summed E-state index contributed by atoms with van der Waals surface area (Å²) in [6.45, 7) is 1.97. The summed E-state index contributed by atoms with van der Waals surface area (Å²) in [6.07, 6.45) is 7.09. The average molecular weight is 419 g/mol. The molecule has 2 nitrogen and oxygen atoms in total. The fourth-order valence-corrected chi connectivity index (χ4v) is 6.78. The highest BCUT2D eigenvalue weighted by Crippen LogP contribution is 2.61. The third-order valence-electron chi connectivity index (χ3n) is 6.90. The minimum absolute atomic E-state index is 0.0691. The van der Waals surface area contributed by atoms with Gasteiger partial charge in [-0.1, -0.05) is 0 Å². The molecule has 0 radical (unpaired) electrons. The molecule has 0 spiro atoms. The first-order valence-electron chi connectivity index (χ1n) is 9.63. The van der Waals surface area contributed by atoms with Crippen LogP contribution in [0.5, 0.6) is 0 Å². The molecule has 1 amide bonds. The van der Waals surface area contributed by atoms with Crippen LogP contribution in [0.1, 0.15) is 45.4 Å². The second-order valence-electron chi connectivity index (χ2n) is 8.76. The molecule has 4 aliphatic rings. The smallest absolute Gasteiger partial charge is 0.230 e. The Labute approximate surface area is 164 Å². The number of benzene rings is 1. The SMILES string of the molecule is C[C@H](NC(=O)CSc1c(F)c(F)c(F)c(F)c1F)C12CC3CC(CC(C3)C1)C2. The molecule has 4 bridgehead atoms. The molecular formula is C20H22F5NOS. The maximum absolute atomic E-state index is 13.7. The fourth-order valence-electron chi connectivity index (χ4n) is 5.99. The van der Waals surface area contributed by atoms with E-state index in [1.165, 1.54) is 19.3 Å². The Bertz CT molecular complexity index is 750. The maximum Gasteiger partial charge on any atom is 0.230 e. The molecule has 4 fully saturated rings. The fraction of sp³-hybridized carbons (Fsp3) is 0.650. The van der Waals surface area contributed by atoms with E-state index in [4.69, 9.17) is 0 Å². The van der Waals surface area contributed by atoms with Crippen LogP contribution in [-0.4, -0.2) is 17.7 Å². The van der Waals surface area contributed by atoms with Gasteiger partial charge >= 0.3 is 0 Å². The van der Waals surface area contributed by atoms with Crippen molar-refractivity contribution in [1.29, 1.82) is 0 Å². The van der Waals surface area contributed by atoms with Crippen molar-refractivity contribution in [1.82, 2.24) is 5.32 Å². The number of rotatable bonds is 5. The van der Waals surface area contributed by atoms with Crippen LogP contribution in [0.15, 0.2) is 4.90 Å². The maximum atomic E-state index is 13.7. The second kappa shape index (κ2) is 7.18. The lowest BCUT2D eigenvalue weighted by Crippen LogP contribution is -2.56. The van der Waals surface area contributed by atoms with Crippen molar-refractivity contribution in [3.05, 3.63) is 29.1 Å². The van der Waals surface area contributed by atoms with E-state index in [-0.39, 0.29) is 11.5 Å². The topological polar surface area (TPSA) is 29.1 Å². The van der Waals surface area contributed by atoms with Gasteiger partial charge in [0, 0.05) is 6.04 Å². The first-order valence-corrected chi connectivity index (χ1v) is 10.6. The van der Waals surface area contributed by atoms with Gasteiger partial charge in [-0.2, -0.15) is 0 Å². The van der Waals surface area contributed by atoms with Crippen molar-refractivity contribution in [2.24, 2.45) is 23.2 Å². The van der Waals surface area contributed by atoms with E-state index in [2.05, 4.69) is 5.32 Å². The molecule has 0 saturated heterocycles. The Kier molecular flexibility index (Phi) is 5.13. The van der Waals surface area contributed by atoms with Crippen LogP contribution in [0.3, 0.4) is 0 Å². The molecule has 5 rings (SSSR count). The van der Waals surface area contributed by atoms with E-state index in [1.54, 1.807) is 0 Å². The van der Waals surface area contributed by atoms with Gasteiger partial charge in [0.05, 0.1) is 10.6 Å². The summed E-state index contributed by atoms with van der Waals surface area (Å²) in [4.78, 5) is 11.3. The highest BCUT2D eigenvalue weighted by molar-refractivity contribution is 8.00. The van der Waals surface area contributed by atoms with Gasteiger partial charge in [0.25, 0.3) is 0 Å². The van der Waals surface area contributed by atoms with Crippen LogP contribution < -0.4 is 5.32 Å². The Morgan fingerprint density at radius 3 is 1.82 bits per heavy atom. The molecule has 0 aliphatic heterocycles. The number of carbonyl (C=O) groups is 1. The summed E-state index contributed by atoms with van der Waals surface area (Å²) in [6, 6.07) is -0.0783. The molecular weight excluding hydrogens is 397 g/mol. The van der Waals surface area contributed by atoms with Gasteiger partial charge in [-0.25, -0.2) is 22.0 Å². The van der Waals surface area contributed by atoms with E-state index < -0.39 is 45.6 Å². The monoisotopic (exact) mass is 419 g/mol. The molecule has 0 heterocycles. The molecule has 0 unspecified atom stereocenters. The molecule has 0 aromatic heterocycles. The van der Waals surface area contributed by atoms with E-state index >= 15 is 0 Å². The van der Waals surface area contributed by atoms with E-state index in [1.807, 2.05) is 6.92 Å². The molecule has 1 aromatic rings. The van der Waals surface area contributed by atoms with Gasteiger partial charge in [-0.05, 0) is 68.6 Å². The zero-order chi connectivity index (χ0) is 20.2. The number of hydrogen-bond donors (Lipinski definition) is 1. The summed E-state index contributed by atoms with van der Waals surface area (Å²) in [5.74, 6) is -8.71. The molecule has 8 heteroatoms.